The van der Waals surface area contributed by atoms with Crippen LogP contribution >= 0.6 is 0 Å². The van der Waals surface area contributed by atoms with Gasteiger partial charge < -0.3 is 4.74 Å². The maximum Gasteiger partial charge on any atom is 0.166 e. The number of hydrogen-bond acceptors (Lipinski definition) is 2. The first kappa shape index (κ1) is 13.1. The molecule has 0 aromatic heterocycles. The van der Waals surface area contributed by atoms with E-state index in [4.69, 9.17) is 4.74 Å². The topological polar surface area (TPSA) is 26.3 Å². The van der Waals surface area contributed by atoms with E-state index in [-0.39, 0.29) is 18.1 Å². The van der Waals surface area contributed by atoms with Gasteiger partial charge in [-0.3, -0.25) is 4.79 Å². The Kier molecular flexibility index (Phi) is 5.02. The molecule has 2 rings (SSSR count). The highest BCUT2D eigenvalue weighted by Gasteiger charge is 2.39. The number of Topliss-reactive ketones (excluding diaryl/α,β-unsaturated/α-hetero) is 1. The van der Waals surface area contributed by atoms with Crippen LogP contribution in [0, 0.1) is 5.92 Å². The van der Waals surface area contributed by atoms with Gasteiger partial charge in [-0.05, 0) is 19.8 Å². The lowest BCUT2D eigenvalue weighted by atomic mass is 9.88. The van der Waals surface area contributed by atoms with Crippen molar-refractivity contribution in [1.29, 1.82) is 0 Å². The maximum absolute atomic E-state index is 12.0. The van der Waals surface area contributed by atoms with Gasteiger partial charge in [-0.15, -0.1) is 0 Å². The summed E-state index contributed by atoms with van der Waals surface area (Å²) in [6.45, 7) is 1.92. The molecule has 3 atom stereocenters. The van der Waals surface area contributed by atoms with E-state index in [0.29, 0.717) is 5.78 Å². The van der Waals surface area contributed by atoms with Crippen molar-refractivity contribution in [2.24, 2.45) is 5.92 Å². The first-order chi connectivity index (χ1) is 8.29. The monoisotopic (exact) mass is 238 g/mol. The third kappa shape index (κ3) is 3.54. The lowest BCUT2D eigenvalue weighted by molar-refractivity contribution is -0.123. The molecule has 1 saturated carbocycles. The predicted molar refractivity (Wildman–Crippen MR) is 69.0 cm³/mol. The highest BCUT2D eigenvalue weighted by atomic mass is 16.5. The SMILES string of the molecule is CC1OC2CCCCCCCCCCC2C1=O. The molecule has 3 unspecified atom stereocenters. The van der Waals surface area contributed by atoms with Gasteiger partial charge in [-0.25, -0.2) is 0 Å². The van der Waals surface area contributed by atoms with Crippen molar-refractivity contribution >= 4 is 5.78 Å². The van der Waals surface area contributed by atoms with E-state index in [1.165, 1.54) is 51.4 Å². The van der Waals surface area contributed by atoms with E-state index >= 15 is 0 Å². The molecule has 0 radical (unpaired) electrons. The maximum atomic E-state index is 12.0. The van der Waals surface area contributed by atoms with E-state index in [1.54, 1.807) is 0 Å². The standard InChI is InChI=1S/C15H26O2/c1-12-15(16)13-10-8-6-4-2-3-5-7-9-11-14(13)17-12/h12-14H,2-11H2,1H3. The van der Waals surface area contributed by atoms with Crippen molar-refractivity contribution < 1.29 is 9.53 Å². The molecule has 2 fully saturated rings. The van der Waals surface area contributed by atoms with Crippen molar-refractivity contribution in [1.82, 2.24) is 0 Å². The number of ether oxygens (including phenoxy) is 1. The third-order valence-electron chi connectivity index (χ3n) is 4.35. The Morgan fingerprint density at radius 1 is 0.882 bits per heavy atom. The van der Waals surface area contributed by atoms with Crippen molar-refractivity contribution in [3.05, 3.63) is 0 Å². The zero-order chi connectivity index (χ0) is 12.1. The first-order valence-corrected chi connectivity index (χ1v) is 7.48. The summed E-state index contributed by atoms with van der Waals surface area (Å²) in [6, 6.07) is 0. The summed E-state index contributed by atoms with van der Waals surface area (Å²) >= 11 is 0. The second-order valence-electron chi connectivity index (χ2n) is 5.73. The minimum Gasteiger partial charge on any atom is -0.367 e. The van der Waals surface area contributed by atoms with Crippen LogP contribution in [0.15, 0.2) is 0 Å². The summed E-state index contributed by atoms with van der Waals surface area (Å²) < 4.78 is 5.83. The van der Waals surface area contributed by atoms with Crippen LogP contribution in [0.2, 0.25) is 0 Å². The molecule has 1 aliphatic heterocycles. The highest BCUT2D eigenvalue weighted by Crippen LogP contribution is 2.31. The zero-order valence-electron chi connectivity index (χ0n) is 11.1. The molecule has 0 amide bonds. The second-order valence-corrected chi connectivity index (χ2v) is 5.73. The number of ketones is 1. The number of hydrogen-bond donors (Lipinski definition) is 0. The van der Waals surface area contributed by atoms with Gasteiger partial charge in [0.05, 0.1) is 6.10 Å². The Balaban J connectivity index is 1.91. The number of fused-ring (bicyclic) bond motifs is 1. The van der Waals surface area contributed by atoms with Crippen LogP contribution in [-0.4, -0.2) is 18.0 Å². The average Bonchev–Trinajstić information content (AvgIpc) is 2.56. The lowest BCUT2D eigenvalue weighted by Gasteiger charge is -2.18. The van der Waals surface area contributed by atoms with Crippen molar-refractivity contribution in [2.45, 2.75) is 83.3 Å². The first-order valence-electron chi connectivity index (χ1n) is 7.48. The molecule has 2 nitrogen and oxygen atoms in total. The zero-order valence-corrected chi connectivity index (χ0v) is 11.1. The number of rotatable bonds is 0. The molecule has 1 aliphatic carbocycles. The predicted octanol–water partition coefficient (Wildman–Crippen LogP) is 3.87. The number of carbonyl (C=O) groups excluding carboxylic acids is 1. The fraction of sp³-hybridized carbons (Fsp3) is 0.933. The average molecular weight is 238 g/mol. The van der Waals surface area contributed by atoms with Crippen molar-refractivity contribution in [3.8, 4) is 0 Å². The Morgan fingerprint density at radius 3 is 2.06 bits per heavy atom. The molecule has 2 aliphatic rings. The Bertz CT molecular complexity index is 249. The largest absolute Gasteiger partial charge is 0.367 e. The summed E-state index contributed by atoms with van der Waals surface area (Å²) in [5.41, 5.74) is 0. The Morgan fingerprint density at radius 2 is 1.41 bits per heavy atom. The second kappa shape index (κ2) is 6.53. The van der Waals surface area contributed by atoms with Crippen molar-refractivity contribution in [2.75, 3.05) is 0 Å². The van der Waals surface area contributed by atoms with Gasteiger partial charge >= 0.3 is 0 Å². The Hall–Kier alpha value is -0.370. The van der Waals surface area contributed by atoms with Gasteiger partial charge in [0.2, 0.25) is 0 Å². The van der Waals surface area contributed by atoms with Crippen LogP contribution in [-0.2, 0) is 9.53 Å². The van der Waals surface area contributed by atoms with E-state index in [9.17, 15) is 4.79 Å². The molecule has 1 heterocycles. The molecule has 0 aromatic carbocycles. The lowest BCUT2D eigenvalue weighted by Crippen LogP contribution is -2.21. The molecule has 17 heavy (non-hydrogen) atoms. The smallest absolute Gasteiger partial charge is 0.166 e. The van der Waals surface area contributed by atoms with Gasteiger partial charge in [0.25, 0.3) is 0 Å². The molecule has 1 saturated heterocycles. The van der Waals surface area contributed by atoms with Crippen molar-refractivity contribution in [3.63, 3.8) is 0 Å². The minimum atomic E-state index is -0.143. The molecule has 0 spiro atoms. The van der Waals surface area contributed by atoms with Crippen LogP contribution in [0.4, 0.5) is 0 Å². The van der Waals surface area contributed by atoms with Crippen LogP contribution in [0.3, 0.4) is 0 Å². The normalized spacial score (nSPS) is 37.0. The van der Waals surface area contributed by atoms with Crippen LogP contribution in [0.5, 0.6) is 0 Å². The van der Waals surface area contributed by atoms with Crippen LogP contribution < -0.4 is 0 Å². The summed E-state index contributed by atoms with van der Waals surface area (Å²) in [6.07, 6.45) is 12.8. The Labute approximate surface area is 105 Å². The van der Waals surface area contributed by atoms with E-state index < -0.39 is 0 Å². The van der Waals surface area contributed by atoms with Crippen LogP contribution in [0.1, 0.15) is 71.1 Å². The molecule has 98 valence electrons. The fourth-order valence-electron chi connectivity index (χ4n) is 3.28. The molecule has 2 heteroatoms. The number of carbonyl (C=O) groups is 1. The molecule has 0 N–H and O–H groups in total. The minimum absolute atomic E-state index is 0.143. The molecular formula is C15H26O2. The summed E-state index contributed by atoms with van der Waals surface area (Å²) in [4.78, 5) is 12.0. The highest BCUT2D eigenvalue weighted by molar-refractivity contribution is 5.87. The molecular weight excluding hydrogens is 212 g/mol. The summed E-state index contributed by atoms with van der Waals surface area (Å²) in [7, 11) is 0. The van der Waals surface area contributed by atoms with Gasteiger partial charge in [-0.1, -0.05) is 51.4 Å². The quantitative estimate of drug-likeness (QED) is 0.640. The van der Waals surface area contributed by atoms with Gasteiger partial charge in [0.15, 0.2) is 5.78 Å². The van der Waals surface area contributed by atoms with Gasteiger partial charge in [-0.2, -0.15) is 0 Å². The summed E-state index contributed by atoms with van der Waals surface area (Å²) in [5.74, 6) is 0.580. The van der Waals surface area contributed by atoms with Crippen LogP contribution in [0.25, 0.3) is 0 Å². The summed E-state index contributed by atoms with van der Waals surface area (Å²) in [5, 5.41) is 0. The molecule has 0 bridgehead atoms. The van der Waals surface area contributed by atoms with E-state index in [0.717, 1.165) is 12.8 Å². The van der Waals surface area contributed by atoms with E-state index in [2.05, 4.69) is 0 Å². The third-order valence-corrected chi connectivity index (χ3v) is 4.35. The van der Waals surface area contributed by atoms with Gasteiger partial charge in [0, 0.05) is 5.92 Å². The van der Waals surface area contributed by atoms with E-state index in [1.807, 2.05) is 6.92 Å². The van der Waals surface area contributed by atoms with Gasteiger partial charge in [0.1, 0.15) is 6.10 Å². The molecule has 0 aromatic rings. The fourth-order valence-corrected chi connectivity index (χ4v) is 3.28.